The van der Waals surface area contributed by atoms with Crippen molar-refractivity contribution in [1.29, 1.82) is 0 Å². The molecular weight excluding hydrogens is 605 g/mol. The maximum absolute atomic E-state index is 5.16. The molecule has 2 atom stereocenters. The number of rotatable bonds is 32. The van der Waals surface area contributed by atoms with E-state index in [9.17, 15) is 0 Å². The lowest BCUT2D eigenvalue weighted by Gasteiger charge is -2.39. The van der Waals surface area contributed by atoms with Gasteiger partial charge in [-0.2, -0.15) is 0 Å². The molecule has 0 bridgehead atoms. The first-order valence-electron chi connectivity index (χ1n) is 21.8. The second-order valence-corrected chi connectivity index (χ2v) is 15.9. The van der Waals surface area contributed by atoms with E-state index in [1.54, 1.807) is 0 Å². The molecule has 2 nitrogen and oxygen atoms in total. The van der Waals surface area contributed by atoms with Crippen molar-refractivity contribution in [2.75, 3.05) is 0 Å². The third-order valence-corrected chi connectivity index (χ3v) is 11.5. The molecule has 2 unspecified atom stereocenters. The lowest BCUT2D eigenvalue weighted by atomic mass is 9.66. The van der Waals surface area contributed by atoms with Gasteiger partial charge in [-0.05, 0) is 30.4 Å². The average molecular weight is 683 g/mol. The van der Waals surface area contributed by atoms with Crippen LogP contribution in [0.1, 0.15) is 211 Å². The van der Waals surface area contributed by atoms with Gasteiger partial charge in [0.15, 0.2) is 0 Å². The summed E-state index contributed by atoms with van der Waals surface area (Å²) >= 11 is 0. The van der Waals surface area contributed by atoms with Crippen LogP contribution in [0.25, 0.3) is 0 Å². The molecule has 0 N–H and O–H groups in total. The number of benzene rings is 2. The van der Waals surface area contributed by atoms with E-state index >= 15 is 0 Å². The van der Waals surface area contributed by atoms with E-state index in [0.717, 1.165) is 13.0 Å². The zero-order valence-electron chi connectivity index (χ0n) is 33.2. The van der Waals surface area contributed by atoms with E-state index in [1.165, 1.54) is 184 Å². The standard InChI is InChI=1S/C48H78N2/c1-4-6-8-10-12-14-16-17-18-19-20-21-23-25-33-39-46(48(3,45-37-31-28-32-38-45)43-44-35-29-27-30-36-44)47-49-40-42-50(47)41-34-26-24-22-15-13-11-9-7-5-2/h27-32,35-38,40,42,46H,4-26,33-34,39,41,43H2,1-3H3. The molecule has 0 amide bonds. The van der Waals surface area contributed by atoms with Crippen molar-refractivity contribution in [3.05, 3.63) is 90.0 Å². The van der Waals surface area contributed by atoms with Gasteiger partial charge < -0.3 is 4.57 Å². The summed E-state index contributed by atoms with van der Waals surface area (Å²) in [4.78, 5) is 5.16. The minimum atomic E-state index is -0.0283. The van der Waals surface area contributed by atoms with Crippen molar-refractivity contribution in [1.82, 2.24) is 9.55 Å². The Bertz CT molecular complexity index is 1170. The van der Waals surface area contributed by atoms with Gasteiger partial charge in [-0.3, -0.25) is 0 Å². The first-order valence-corrected chi connectivity index (χ1v) is 21.8. The maximum Gasteiger partial charge on any atom is 0.112 e. The number of imidazole rings is 1. The van der Waals surface area contributed by atoms with Crippen LogP contribution in [0.5, 0.6) is 0 Å². The van der Waals surface area contributed by atoms with Gasteiger partial charge in [0.2, 0.25) is 0 Å². The fourth-order valence-corrected chi connectivity index (χ4v) is 8.31. The predicted molar refractivity (Wildman–Crippen MR) is 220 cm³/mol. The molecule has 0 fully saturated rings. The molecular formula is C48H78N2. The summed E-state index contributed by atoms with van der Waals surface area (Å²) in [5.41, 5.74) is 2.84. The third kappa shape index (κ3) is 16.8. The Morgan fingerprint density at radius 3 is 1.42 bits per heavy atom. The van der Waals surface area contributed by atoms with Crippen LogP contribution in [0.4, 0.5) is 0 Å². The molecule has 0 saturated carbocycles. The zero-order chi connectivity index (χ0) is 35.4. The van der Waals surface area contributed by atoms with Crippen molar-refractivity contribution in [3.8, 4) is 0 Å². The van der Waals surface area contributed by atoms with E-state index < -0.39 is 0 Å². The fourth-order valence-electron chi connectivity index (χ4n) is 8.31. The highest BCUT2D eigenvalue weighted by molar-refractivity contribution is 5.33. The molecule has 0 aliphatic rings. The van der Waals surface area contributed by atoms with Gasteiger partial charge in [0.1, 0.15) is 5.82 Å². The fraction of sp³-hybridized carbons (Fsp3) is 0.688. The molecule has 0 aliphatic carbocycles. The first kappa shape index (κ1) is 42.1. The molecule has 280 valence electrons. The van der Waals surface area contributed by atoms with Crippen LogP contribution >= 0.6 is 0 Å². The van der Waals surface area contributed by atoms with Crippen molar-refractivity contribution >= 4 is 0 Å². The molecule has 3 rings (SSSR count). The molecule has 50 heavy (non-hydrogen) atoms. The Morgan fingerprint density at radius 2 is 0.940 bits per heavy atom. The van der Waals surface area contributed by atoms with Crippen molar-refractivity contribution in [2.24, 2.45) is 0 Å². The molecule has 2 aromatic carbocycles. The topological polar surface area (TPSA) is 17.8 Å². The Hall–Kier alpha value is -2.35. The third-order valence-electron chi connectivity index (χ3n) is 11.5. The number of hydrogen-bond acceptors (Lipinski definition) is 1. The summed E-state index contributed by atoms with van der Waals surface area (Å²) < 4.78 is 2.53. The van der Waals surface area contributed by atoms with Gasteiger partial charge in [-0.25, -0.2) is 4.98 Å². The minimum absolute atomic E-state index is 0.0283. The van der Waals surface area contributed by atoms with E-state index in [4.69, 9.17) is 4.98 Å². The predicted octanol–water partition coefficient (Wildman–Crippen LogP) is 15.3. The summed E-state index contributed by atoms with van der Waals surface area (Å²) in [6.07, 6.45) is 41.5. The van der Waals surface area contributed by atoms with Crippen LogP contribution < -0.4 is 0 Å². The molecule has 0 spiro atoms. The van der Waals surface area contributed by atoms with E-state index in [1.807, 2.05) is 0 Å². The normalized spacial score (nSPS) is 13.4. The Labute approximate surface area is 310 Å². The van der Waals surface area contributed by atoms with Crippen LogP contribution in [0.3, 0.4) is 0 Å². The SMILES string of the molecule is CCCCCCCCCCCCCCCCCC(c1nccn1CCCCCCCCCCCC)C(C)(Cc1ccccc1)c1ccccc1. The zero-order valence-corrected chi connectivity index (χ0v) is 33.2. The number of aromatic nitrogens is 2. The Morgan fingerprint density at radius 1 is 0.520 bits per heavy atom. The van der Waals surface area contributed by atoms with Crippen LogP contribution in [-0.2, 0) is 18.4 Å². The highest BCUT2D eigenvalue weighted by atomic mass is 15.1. The number of nitrogens with zero attached hydrogens (tertiary/aromatic N) is 2. The Balaban J connectivity index is 1.55. The maximum atomic E-state index is 5.16. The number of hydrogen-bond donors (Lipinski definition) is 0. The second kappa shape index (κ2) is 27.3. The summed E-state index contributed by atoms with van der Waals surface area (Å²) in [6.45, 7) is 8.24. The lowest BCUT2D eigenvalue weighted by Crippen LogP contribution is -2.35. The molecule has 2 heteroatoms. The molecule has 0 radical (unpaired) electrons. The van der Waals surface area contributed by atoms with Crippen LogP contribution in [0.15, 0.2) is 73.1 Å². The average Bonchev–Trinajstić information content (AvgIpc) is 3.60. The molecule has 1 aromatic heterocycles. The van der Waals surface area contributed by atoms with Crippen molar-refractivity contribution in [3.63, 3.8) is 0 Å². The smallest absolute Gasteiger partial charge is 0.112 e. The van der Waals surface area contributed by atoms with E-state index in [0.29, 0.717) is 5.92 Å². The molecule has 1 heterocycles. The largest absolute Gasteiger partial charge is 0.335 e. The molecule has 3 aromatic rings. The highest BCUT2D eigenvalue weighted by Crippen LogP contribution is 2.44. The first-order chi connectivity index (χ1) is 24.7. The molecule has 0 saturated heterocycles. The quantitative estimate of drug-likeness (QED) is 0.0599. The van der Waals surface area contributed by atoms with Crippen molar-refractivity contribution < 1.29 is 0 Å². The van der Waals surface area contributed by atoms with Gasteiger partial charge in [0.25, 0.3) is 0 Å². The Kier molecular flexibility index (Phi) is 23.0. The van der Waals surface area contributed by atoms with Crippen LogP contribution in [0.2, 0.25) is 0 Å². The molecule has 0 aliphatic heterocycles. The second-order valence-electron chi connectivity index (χ2n) is 15.9. The lowest BCUT2D eigenvalue weighted by molar-refractivity contribution is 0.321. The highest BCUT2D eigenvalue weighted by Gasteiger charge is 2.39. The van der Waals surface area contributed by atoms with E-state index in [-0.39, 0.29) is 5.41 Å². The van der Waals surface area contributed by atoms with Gasteiger partial charge >= 0.3 is 0 Å². The van der Waals surface area contributed by atoms with Gasteiger partial charge in [-0.1, -0.05) is 236 Å². The van der Waals surface area contributed by atoms with Gasteiger partial charge in [0, 0.05) is 30.3 Å². The van der Waals surface area contributed by atoms with E-state index in [2.05, 4.69) is 98.4 Å². The monoisotopic (exact) mass is 683 g/mol. The number of unbranched alkanes of at least 4 members (excludes halogenated alkanes) is 23. The van der Waals surface area contributed by atoms with Gasteiger partial charge in [0.05, 0.1) is 0 Å². The summed E-state index contributed by atoms with van der Waals surface area (Å²) in [5, 5.41) is 0. The summed E-state index contributed by atoms with van der Waals surface area (Å²) in [6, 6.07) is 22.6. The summed E-state index contributed by atoms with van der Waals surface area (Å²) in [7, 11) is 0. The number of aryl methyl sites for hydroxylation is 1. The van der Waals surface area contributed by atoms with Gasteiger partial charge in [-0.15, -0.1) is 0 Å². The minimum Gasteiger partial charge on any atom is -0.335 e. The van der Waals surface area contributed by atoms with Crippen LogP contribution in [-0.4, -0.2) is 9.55 Å². The van der Waals surface area contributed by atoms with Crippen molar-refractivity contribution in [2.45, 2.75) is 212 Å². The summed E-state index contributed by atoms with van der Waals surface area (Å²) in [5.74, 6) is 1.69. The van der Waals surface area contributed by atoms with Crippen LogP contribution in [0, 0.1) is 0 Å².